The number of rotatable bonds is 7. The maximum atomic E-state index is 13.4. The molecule has 1 unspecified atom stereocenters. The highest BCUT2D eigenvalue weighted by Gasteiger charge is 2.13. The van der Waals surface area contributed by atoms with E-state index in [0.29, 0.717) is 16.1 Å². The van der Waals surface area contributed by atoms with Gasteiger partial charge in [-0.1, -0.05) is 32.4 Å². The van der Waals surface area contributed by atoms with Crippen molar-refractivity contribution in [1.29, 1.82) is 0 Å². The van der Waals surface area contributed by atoms with E-state index in [2.05, 4.69) is 35.1 Å². The third-order valence-electron chi connectivity index (χ3n) is 2.65. The highest BCUT2D eigenvalue weighted by atomic mass is 79.9. The molecular weight excluding hydrogens is 333 g/mol. The molecule has 0 spiro atoms. The summed E-state index contributed by atoms with van der Waals surface area (Å²) in [5, 5.41) is 3.43. The summed E-state index contributed by atoms with van der Waals surface area (Å²) in [7, 11) is 0. The molecule has 0 aliphatic heterocycles. The average Bonchev–Trinajstić information content (AvgIpc) is 2.33. The predicted octanol–water partition coefficient (Wildman–Crippen LogP) is 4.64. The first-order valence-corrected chi connectivity index (χ1v) is 7.63. The van der Waals surface area contributed by atoms with Gasteiger partial charge in [0.15, 0.2) is 0 Å². The zero-order valence-corrected chi connectivity index (χ0v) is 13.8. The van der Waals surface area contributed by atoms with Crippen molar-refractivity contribution in [3.63, 3.8) is 0 Å². The molecule has 0 bridgehead atoms. The fourth-order valence-electron chi connectivity index (χ4n) is 1.58. The lowest BCUT2D eigenvalue weighted by molar-refractivity contribution is 0.190. The first-order valence-electron chi connectivity index (χ1n) is 6.46. The van der Waals surface area contributed by atoms with Crippen LogP contribution in [0.3, 0.4) is 0 Å². The summed E-state index contributed by atoms with van der Waals surface area (Å²) >= 11 is 9.04. The Kier molecular flexibility index (Phi) is 7.11. The van der Waals surface area contributed by atoms with Gasteiger partial charge in [0, 0.05) is 12.6 Å². The van der Waals surface area contributed by atoms with Crippen LogP contribution >= 0.6 is 27.5 Å². The molecule has 19 heavy (non-hydrogen) atoms. The average molecular weight is 353 g/mol. The Morgan fingerprint density at radius 2 is 2.05 bits per heavy atom. The molecule has 0 heterocycles. The van der Waals surface area contributed by atoms with E-state index < -0.39 is 5.82 Å². The van der Waals surface area contributed by atoms with E-state index in [4.69, 9.17) is 16.3 Å². The Morgan fingerprint density at radius 1 is 1.37 bits per heavy atom. The normalized spacial score (nSPS) is 12.8. The Hall–Kier alpha value is -0.320. The Bertz CT molecular complexity index is 415. The first-order chi connectivity index (χ1) is 8.93. The lowest BCUT2D eigenvalue weighted by atomic mass is 10.2. The molecule has 0 aromatic heterocycles. The van der Waals surface area contributed by atoms with E-state index in [1.165, 1.54) is 12.1 Å². The van der Waals surface area contributed by atoms with Crippen LogP contribution in [0.15, 0.2) is 16.6 Å². The molecule has 2 nitrogen and oxygen atoms in total. The minimum atomic E-state index is -0.468. The minimum absolute atomic E-state index is 0.00984. The predicted molar refractivity (Wildman–Crippen MR) is 81.5 cm³/mol. The van der Waals surface area contributed by atoms with E-state index in [1.807, 2.05) is 6.92 Å². The Labute approximate surface area is 127 Å². The van der Waals surface area contributed by atoms with Crippen molar-refractivity contribution in [2.24, 2.45) is 5.92 Å². The molecule has 0 aliphatic carbocycles. The van der Waals surface area contributed by atoms with Crippen LogP contribution in [0.4, 0.5) is 4.39 Å². The van der Waals surface area contributed by atoms with Gasteiger partial charge in [0.2, 0.25) is 0 Å². The summed E-state index contributed by atoms with van der Waals surface area (Å²) in [5.74, 6) is 0.613. The molecule has 5 heteroatoms. The Morgan fingerprint density at radius 3 is 2.63 bits per heavy atom. The monoisotopic (exact) mass is 351 g/mol. The van der Waals surface area contributed by atoms with Gasteiger partial charge in [0.25, 0.3) is 0 Å². The molecular formula is C14H20BrClFNO. The van der Waals surface area contributed by atoms with Gasteiger partial charge in [-0.25, -0.2) is 4.39 Å². The van der Waals surface area contributed by atoms with Crippen LogP contribution in [-0.2, 0) is 0 Å². The van der Waals surface area contributed by atoms with E-state index in [1.54, 1.807) is 0 Å². The summed E-state index contributed by atoms with van der Waals surface area (Å²) in [6, 6.07) is 2.83. The van der Waals surface area contributed by atoms with Crippen molar-refractivity contribution in [2.45, 2.75) is 33.3 Å². The highest BCUT2D eigenvalue weighted by molar-refractivity contribution is 9.10. The molecule has 0 saturated heterocycles. The lowest BCUT2D eigenvalue weighted by Gasteiger charge is -2.20. The van der Waals surface area contributed by atoms with Gasteiger partial charge in [0.05, 0.1) is 9.50 Å². The van der Waals surface area contributed by atoms with Crippen molar-refractivity contribution in [1.82, 2.24) is 5.32 Å². The van der Waals surface area contributed by atoms with E-state index >= 15 is 0 Å². The fraction of sp³-hybridized carbons (Fsp3) is 0.571. The molecule has 0 aliphatic rings. The van der Waals surface area contributed by atoms with E-state index in [9.17, 15) is 4.39 Å². The highest BCUT2D eigenvalue weighted by Crippen LogP contribution is 2.31. The van der Waals surface area contributed by atoms with Crippen molar-refractivity contribution in [2.75, 3.05) is 13.1 Å². The summed E-state index contributed by atoms with van der Waals surface area (Å²) < 4.78 is 19.9. The van der Waals surface area contributed by atoms with Crippen LogP contribution in [0.2, 0.25) is 5.02 Å². The van der Waals surface area contributed by atoms with Gasteiger partial charge >= 0.3 is 0 Å². The molecule has 1 N–H and O–H groups in total. The number of ether oxygens (including phenoxy) is 1. The molecule has 0 amide bonds. The molecule has 1 aromatic carbocycles. The van der Waals surface area contributed by atoms with Crippen LogP contribution in [0.25, 0.3) is 0 Å². The third-order valence-corrected chi connectivity index (χ3v) is 3.56. The van der Waals surface area contributed by atoms with Gasteiger partial charge in [-0.3, -0.25) is 0 Å². The van der Waals surface area contributed by atoms with Crippen LogP contribution in [0.1, 0.15) is 27.2 Å². The SMILES string of the molecule is CCC(CNCC(C)C)Oc1cc(F)c(Cl)cc1Br. The second kappa shape index (κ2) is 8.08. The standard InChI is InChI=1S/C14H20BrClFNO/c1-4-10(8-18-7-9(2)3)19-14-6-13(17)12(16)5-11(14)15/h5-6,9-10,18H,4,7-8H2,1-3H3. The molecule has 0 radical (unpaired) electrons. The number of halogens is 3. The summed E-state index contributed by atoms with van der Waals surface area (Å²) in [4.78, 5) is 0. The van der Waals surface area contributed by atoms with Crippen molar-refractivity contribution in [3.05, 3.63) is 27.4 Å². The quantitative estimate of drug-likeness (QED) is 0.722. The second-order valence-electron chi connectivity index (χ2n) is 4.90. The van der Waals surface area contributed by atoms with Crippen LogP contribution in [-0.4, -0.2) is 19.2 Å². The van der Waals surface area contributed by atoms with E-state index in [0.717, 1.165) is 19.5 Å². The van der Waals surface area contributed by atoms with Crippen molar-refractivity contribution in [3.8, 4) is 5.75 Å². The zero-order valence-electron chi connectivity index (χ0n) is 11.5. The molecule has 1 aromatic rings. The van der Waals surface area contributed by atoms with Crippen LogP contribution < -0.4 is 10.1 Å². The third kappa shape index (κ3) is 5.67. The largest absolute Gasteiger partial charge is 0.488 e. The lowest BCUT2D eigenvalue weighted by Crippen LogP contribution is -2.33. The summed E-state index contributed by atoms with van der Waals surface area (Å²) in [5.41, 5.74) is 0. The van der Waals surface area contributed by atoms with Crippen LogP contribution in [0, 0.1) is 11.7 Å². The molecule has 1 atom stereocenters. The van der Waals surface area contributed by atoms with Gasteiger partial charge in [0.1, 0.15) is 17.7 Å². The summed E-state index contributed by atoms with van der Waals surface area (Å²) in [6.45, 7) is 8.03. The molecule has 108 valence electrons. The summed E-state index contributed by atoms with van der Waals surface area (Å²) in [6.07, 6.45) is 0.859. The van der Waals surface area contributed by atoms with Crippen molar-refractivity contribution < 1.29 is 9.13 Å². The smallest absolute Gasteiger partial charge is 0.145 e. The zero-order chi connectivity index (χ0) is 14.4. The van der Waals surface area contributed by atoms with Gasteiger partial charge < -0.3 is 10.1 Å². The first kappa shape index (κ1) is 16.7. The fourth-order valence-corrected chi connectivity index (χ4v) is 2.31. The molecule has 1 rings (SSSR count). The van der Waals surface area contributed by atoms with E-state index in [-0.39, 0.29) is 11.1 Å². The number of hydrogen-bond donors (Lipinski definition) is 1. The molecule has 0 fully saturated rings. The second-order valence-corrected chi connectivity index (χ2v) is 6.16. The number of benzene rings is 1. The topological polar surface area (TPSA) is 21.3 Å². The van der Waals surface area contributed by atoms with Gasteiger partial charge in [-0.2, -0.15) is 0 Å². The van der Waals surface area contributed by atoms with Crippen molar-refractivity contribution >= 4 is 27.5 Å². The maximum Gasteiger partial charge on any atom is 0.145 e. The maximum absolute atomic E-state index is 13.4. The van der Waals surface area contributed by atoms with Gasteiger partial charge in [-0.15, -0.1) is 0 Å². The Balaban J connectivity index is 2.62. The number of hydrogen-bond acceptors (Lipinski definition) is 2. The minimum Gasteiger partial charge on any atom is -0.488 e. The van der Waals surface area contributed by atoms with Gasteiger partial charge in [-0.05, 0) is 40.9 Å². The molecule has 0 saturated carbocycles. The van der Waals surface area contributed by atoms with Crippen LogP contribution in [0.5, 0.6) is 5.75 Å². The number of nitrogens with one attached hydrogen (secondary N) is 1.